The summed E-state index contributed by atoms with van der Waals surface area (Å²) in [6.07, 6.45) is 1.80. The molecular formula is C12H20N2O. The van der Waals surface area contributed by atoms with Crippen molar-refractivity contribution in [2.45, 2.75) is 26.2 Å². The van der Waals surface area contributed by atoms with Crippen LogP contribution in [0.25, 0.3) is 0 Å². The maximum absolute atomic E-state index is 5.51. The summed E-state index contributed by atoms with van der Waals surface area (Å²) in [5, 5.41) is 3.03. The Hall–Kier alpha value is -1.09. The molecule has 0 unspecified atom stereocenters. The number of hydrogen-bond donors (Lipinski definition) is 1. The fraction of sp³-hybridized carbons (Fsp3) is 0.583. The smallest absolute Gasteiger partial charge is 0.213 e. The Kier molecular flexibility index (Phi) is 4.09. The van der Waals surface area contributed by atoms with Crippen molar-refractivity contribution in [2.75, 3.05) is 20.2 Å². The first-order chi connectivity index (χ1) is 7.04. The lowest BCUT2D eigenvalue weighted by Gasteiger charge is -2.19. The average molecular weight is 208 g/mol. The Balaban J connectivity index is 2.66. The third-order valence-corrected chi connectivity index (χ3v) is 2.20. The van der Waals surface area contributed by atoms with Gasteiger partial charge in [0.25, 0.3) is 0 Å². The van der Waals surface area contributed by atoms with Gasteiger partial charge in [0.05, 0.1) is 0 Å². The number of nitrogens with one attached hydrogen (secondary N) is 1. The first kappa shape index (κ1) is 12.0. The molecule has 3 heteroatoms. The molecule has 0 atom stereocenters. The van der Waals surface area contributed by atoms with E-state index in [1.54, 1.807) is 6.20 Å². The lowest BCUT2D eigenvalue weighted by atomic mass is 9.88. The molecule has 0 aliphatic rings. The van der Waals surface area contributed by atoms with Gasteiger partial charge >= 0.3 is 0 Å². The number of likely N-dealkylation sites (N-methyl/N-ethyl adjacent to an activating group) is 1. The van der Waals surface area contributed by atoms with Crippen molar-refractivity contribution in [3.8, 4) is 5.88 Å². The number of rotatable bonds is 4. The van der Waals surface area contributed by atoms with Crippen LogP contribution in [0.3, 0.4) is 0 Å². The van der Waals surface area contributed by atoms with Crippen LogP contribution in [0.15, 0.2) is 18.3 Å². The van der Waals surface area contributed by atoms with Crippen LogP contribution in [0.2, 0.25) is 0 Å². The molecule has 0 aromatic carbocycles. The van der Waals surface area contributed by atoms with E-state index in [9.17, 15) is 0 Å². The number of hydrogen-bond acceptors (Lipinski definition) is 3. The first-order valence-electron chi connectivity index (χ1n) is 5.28. The molecular weight excluding hydrogens is 188 g/mol. The Morgan fingerprint density at radius 2 is 2.13 bits per heavy atom. The Morgan fingerprint density at radius 3 is 2.73 bits per heavy atom. The van der Waals surface area contributed by atoms with E-state index in [2.05, 4.69) is 31.1 Å². The fourth-order valence-corrected chi connectivity index (χ4v) is 1.21. The summed E-state index contributed by atoms with van der Waals surface area (Å²) in [6.45, 7) is 8.03. The second-order valence-corrected chi connectivity index (χ2v) is 4.58. The largest absolute Gasteiger partial charge is 0.476 e. The van der Waals surface area contributed by atoms with Gasteiger partial charge < -0.3 is 10.1 Å². The average Bonchev–Trinajstić information content (AvgIpc) is 2.17. The maximum Gasteiger partial charge on any atom is 0.213 e. The summed E-state index contributed by atoms with van der Waals surface area (Å²) in [6, 6.07) is 4.04. The zero-order valence-electron chi connectivity index (χ0n) is 10.0. The topological polar surface area (TPSA) is 34.1 Å². The number of aromatic nitrogens is 1. The van der Waals surface area contributed by atoms with Crippen molar-refractivity contribution in [3.05, 3.63) is 23.9 Å². The zero-order valence-corrected chi connectivity index (χ0v) is 10.0. The standard InChI is InChI=1S/C12H20N2O/c1-12(2,3)10-5-6-14-11(9-10)15-8-7-13-4/h5-6,9,13H,7-8H2,1-4H3. The van der Waals surface area contributed by atoms with Crippen LogP contribution in [-0.4, -0.2) is 25.2 Å². The Morgan fingerprint density at radius 1 is 1.40 bits per heavy atom. The first-order valence-corrected chi connectivity index (χ1v) is 5.28. The summed E-state index contributed by atoms with van der Waals surface area (Å²) in [4.78, 5) is 4.17. The van der Waals surface area contributed by atoms with Gasteiger partial charge in [0.15, 0.2) is 0 Å². The monoisotopic (exact) mass is 208 g/mol. The molecule has 0 amide bonds. The van der Waals surface area contributed by atoms with Crippen LogP contribution in [0.5, 0.6) is 5.88 Å². The molecule has 1 aromatic rings. The molecule has 1 N–H and O–H groups in total. The van der Waals surface area contributed by atoms with Crippen LogP contribution < -0.4 is 10.1 Å². The molecule has 1 rings (SSSR count). The Bertz CT molecular complexity index is 305. The molecule has 0 radical (unpaired) electrons. The van der Waals surface area contributed by atoms with Crippen molar-refractivity contribution < 1.29 is 4.74 Å². The van der Waals surface area contributed by atoms with Crippen molar-refractivity contribution >= 4 is 0 Å². The van der Waals surface area contributed by atoms with Gasteiger partial charge in [-0.3, -0.25) is 0 Å². The van der Waals surface area contributed by atoms with Gasteiger partial charge in [0, 0.05) is 18.8 Å². The molecule has 3 nitrogen and oxygen atoms in total. The maximum atomic E-state index is 5.51. The molecule has 0 spiro atoms. The van der Waals surface area contributed by atoms with Gasteiger partial charge in [-0.25, -0.2) is 4.98 Å². The lowest BCUT2D eigenvalue weighted by molar-refractivity contribution is 0.305. The van der Waals surface area contributed by atoms with Gasteiger partial charge in [0.1, 0.15) is 6.61 Å². The predicted molar refractivity (Wildman–Crippen MR) is 62.4 cm³/mol. The van der Waals surface area contributed by atoms with Crippen LogP contribution in [0.4, 0.5) is 0 Å². The molecule has 0 fully saturated rings. The van der Waals surface area contributed by atoms with E-state index in [4.69, 9.17) is 4.74 Å². The summed E-state index contributed by atoms with van der Waals surface area (Å²) in [5.74, 6) is 0.706. The Labute approximate surface area is 91.9 Å². The molecule has 84 valence electrons. The van der Waals surface area contributed by atoms with E-state index in [1.807, 2.05) is 19.2 Å². The van der Waals surface area contributed by atoms with Crippen LogP contribution in [0.1, 0.15) is 26.3 Å². The van der Waals surface area contributed by atoms with Gasteiger partial charge in [-0.05, 0) is 24.1 Å². The van der Waals surface area contributed by atoms with Crippen LogP contribution >= 0.6 is 0 Å². The minimum atomic E-state index is 0.143. The second-order valence-electron chi connectivity index (χ2n) is 4.58. The molecule has 0 saturated carbocycles. The number of nitrogens with zero attached hydrogens (tertiary/aromatic N) is 1. The lowest BCUT2D eigenvalue weighted by Crippen LogP contribution is -2.17. The molecule has 0 aliphatic carbocycles. The van der Waals surface area contributed by atoms with Gasteiger partial charge in [0.2, 0.25) is 5.88 Å². The van der Waals surface area contributed by atoms with Gasteiger partial charge in [-0.1, -0.05) is 20.8 Å². The van der Waals surface area contributed by atoms with E-state index in [0.717, 1.165) is 6.54 Å². The van der Waals surface area contributed by atoms with Gasteiger partial charge in [-0.15, -0.1) is 0 Å². The SMILES string of the molecule is CNCCOc1cc(C(C)(C)C)ccn1. The number of ether oxygens (including phenoxy) is 1. The van der Waals surface area contributed by atoms with E-state index in [0.29, 0.717) is 12.5 Å². The fourth-order valence-electron chi connectivity index (χ4n) is 1.21. The van der Waals surface area contributed by atoms with Crippen LogP contribution in [0, 0.1) is 0 Å². The quantitative estimate of drug-likeness (QED) is 0.768. The summed E-state index contributed by atoms with van der Waals surface area (Å²) in [5.41, 5.74) is 1.39. The van der Waals surface area contributed by atoms with E-state index in [-0.39, 0.29) is 5.41 Å². The highest BCUT2D eigenvalue weighted by atomic mass is 16.5. The summed E-state index contributed by atoms with van der Waals surface area (Å²) in [7, 11) is 1.91. The second kappa shape index (κ2) is 5.12. The van der Waals surface area contributed by atoms with Gasteiger partial charge in [-0.2, -0.15) is 0 Å². The third-order valence-electron chi connectivity index (χ3n) is 2.20. The van der Waals surface area contributed by atoms with Crippen molar-refractivity contribution in [1.82, 2.24) is 10.3 Å². The molecule has 0 aliphatic heterocycles. The van der Waals surface area contributed by atoms with Crippen molar-refractivity contribution in [1.29, 1.82) is 0 Å². The van der Waals surface area contributed by atoms with E-state index >= 15 is 0 Å². The highest BCUT2D eigenvalue weighted by Crippen LogP contribution is 2.23. The van der Waals surface area contributed by atoms with E-state index in [1.165, 1.54) is 5.56 Å². The molecule has 1 aromatic heterocycles. The number of pyridine rings is 1. The molecule has 15 heavy (non-hydrogen) atoms. The minimum absolute atomic E-state index is 0.143. The van der Waals surface area contributed by atoms with Crippen LogP contribution in [-0.2, 0) is 5.41 Å². The summed E-state index contributed by atoms with van der Waals surface area (Å²) < 4.78 is 5.51. The third kappa shape index (κ3) is 3.88. The molecule has 0 saturated heterocycles. The zero-order chi connectivity index (χ0) is 11.3. The summed E-state index contributed by atoms with van der Waals surface area (Å²) >= 11 is 0. The predicted octanol–water partition coefficient (Wildman–Crippen LogP) is 1.98. The normalized spacial score (nSPS) is 11.5. The molecule has 1 heterocycles. The molecule has 0 bridgehead atoms. The highest BCUT2D eigenvalue weighted by Gasteiger charge is 2.14. The van der Waals surface area contributed by atoms with Crippen molar-refractivity contribution in [3.63, 3.8) is 0 Å². The van der Waals surface area contributed by atoms with Crippen molar-refractivity contribution in [2.24, 2.45) is 0 Å². The minimum Gasteiger partial charge on any atom is -0.476 e. The highest BCUT2D eigenvalue weighted by molar-refractivity contribution is 5.26. The van der Waals surface area contributed by atoms with E-state index < -0.39 is 0 Å².